The SMILES string of the molecule is CC.CC.CC.COC(=O)C1(N(C)c2c(C)c(Oc3ccccc3)nc(Oc3ccccc3)c2C)CCCC1.[C-]#[N+]C. The van der Waals surface area contributed by atoms with Gasteiger partial charge < -0.3 is 24.0 Å². The predicted molar refractivity (Wildman–Crippen MR) is 175 cm³/mol. The minimum atomic E-state index is -0.723. The van der Waals surface area contributed by atoms with E-state index in [0.717, 1.165) is 42.5 Å². The van der Waals surface area contributed by atoms with Crippen LogP contribution in [0.2, 0.25) is 0 Å². The van der Waals surface area contributed by atoms with E-state index in [9.17, 15) is 4.79 Å². The normalized spacial score (nSPS) is 12.0. The van der Waals surface area contributed by atoms with E-state index in [0.29, 0.717) is 23.3 Å². The van der Waals surface area contributed by atoms with Gasteiger partial charge in [-0.1, -0.05) is 90.8 Å². The first kappa shape index (κ1) is 38.0. The molecule has 1 aliphatic rings. The van der Waals surface area contributed by atoms with Gasteiger partial charge in [-0.25, -0.2) is 11.4 Å². The zero-order valence-electron chi connectivity index (χ0n) is 27.6. The van der Waals surface area contributed by atoms with Crippen LogP contribution in [0.15, 0.2) is 60.7 Å². The van der Waals surface area contributed by atoms with Crippen molar-refractivity contribution in [1.29, 1.82) is 0 Å². The van der Waals surface area contributed by atoms with Crippen molar-refractivity contribution in [2.45, 2.75) is 86.6 Å². The number of likely N-dealkylation sites (N-methyl/N-ethyl adjacent to an activating group) is 1. The number of benzene rings is 2. The molecule has 1 fully saturated rings. The lowest BCUT2D eigenvalue weighted by atomic mass is 9.93. The summed E-state index contributed by atoms with van der Waals surface area (Å²) in [6.45, 7) is 21.8. The van der Waals surface area contributed by atoms with Gasteiger partial charge in [0.05, 0.1) is 12.8 Å². The summed E-state index contributed by atoms with van der Waals surface area (Å²) in [4.78, 5) is 22.5. The monoisotopic (exact) mass is 577 g/mol. The first-order valence-electron chi connectivity index (χ1n) is 14.9. The third-order valence-electron chi connectivity index (χ3n) is 6.44. The highest BCUT2D eigenvalue weighted by atomic mass is 16.5. The number of anilines is 1. The van der Waals surface area contributed by atoms with Crippen molar-refractivity contribution in [3.05, 3.63) is 83.2 Å². The molecule has 1 heterocycles. The summed E-state index contributed by atoms with van der Waals surface area (Å²) in [7, 11) is 4.83. The molecule has 0 saturated heterocycles. The number of carbonyl (C=O) groups is 1. The van der Waals surface area contributed by atoms with E-state index in [1.165, 1.54) is 14.2 Å². The lowest BCUT2D eigenvalue weighted by Gasteiger charge is -2.39. The highest BCUT2D eigenvalue weighted by Crippen LogP contribution is 2.45. The molecule has 0 unspecified atom stereocenters. The molecular formula is C35H51N3O4. The van der Waals surface area contributed by atoms with Crippen LogP contribution in [0, 0.1) is 20.4 Å². The van der Waals surface area contributed by atoms with Crippen molar-refractivity contribution in [1.82, 2.24) is 4.98 Å². The Hall–Kier alpha value is -4.05. The molecule has 0 spiro atoms. The quantitative estimate of drug-likeness (QED) is 0.206. The summed E-state index contributed by atoms with van der Waals surface area (Å²) >= 11 is 0. The summed E-state index contributed by atoms with van der Waals surface area (Å²) in [6, 6.07) is 19.1. The van der Waals surface area contributed by atoms with Gasteiger partial charge in [0.2, 0.25) is 18.8 Å². The fourth-order valence-electron chi connectivity index (χ4n) is 4.69. The van der Waals surface area contributed by atoms with Crippen molar-refractivity contribution in [2.75, 3.05) is 26.1 Å². The van der Waals surface area contributed by atoms with Crippen LogP contribution in [-0.4, -0.2) is 37.7 Å². The standard InChI is InChI=1S/C27H30N2O4.C2H3N.3C2H6/c1-19-23(29(3)27(26(30)31-4)17-11-12-18-27)20(2)25(33-22-15-9-6-10-16-22)28-24(19)32-21-13-7-5-8-14-21;1-3-2;3*1-2/h5-10,13-16H,11-12,17-18H2,1-4H3;1H3;3*1-2H3. The number of esters is 1. The van der Waals surface area contributed by atoms with E-state index in [-0.39, 0.29) is 5.97 Å². The lowest BCUT2D eigenvalue weighted by Crippen LogP contribution is -2.52. The number of aromatic nitrogens is 1. The summed E-state index contributed by atoms with van der Waals surface area (Å²) in [5.74, 6) is 2.03. The fraction of sp³-hybridized carbons (Fsp3) is 0.457. The molecule has 230 valence electrons. The van der Waals surface area contributed by atoms with Crippen LogP contribution in [0.3, 0.4) is 0 Å². The van der Waals surface area contributed by atoms with Gasteiger partial charge in [0.25, 0.3) is 0 Å². The Morgan fingerprint density at radius 3 is 1.50 bits per heavy atom. The Bertz CT molecular complexity index is 1140. The molecule has 2 aromatic carbocycles. The second-order valence-corrected chi connectivity index (χ2v) is 8.66. The van der Waals surface area contributed by atoms with Crippen molar-refractivity contribution in [3.63, 3.8) is 0 Å². The summed E-state index contributed by atoms with van der Waals surface area (Å²) in [6.07, 6.45) is 3.43. The third-order valence-corrected chi connectivity index (χ3v) is 6.44. The summed E-state index contributed by atoms with van der Waals surface area (Å²) in [5.41, 5.74) is 1.83. The zero-order valence-corrected chi connectivity index (χ0v) is 27.6. The first-order valence-corrected chi connectivity index (χ1v) is 14.9. The molecule has 0 atom stereocenters. The molecule has 1 saturated carbocycles. The Labute approximate surface area is 254 Å². The van der Waals surface area contributed by atoms with E-state index in [1.54, 1.807) is 0 Å². The molecule has 7 heteroatoms. The van der Waals surface area contributed by atoms with E-state index in [1.807, 2.05) is 128 Å². The maximum absolute atomic E-state index is 13.0. The summed E-state index contributed by atoms with van der Waals surface area (Å²) in [5, 5.41) is 0. The third kappa shape index (κ3) is 9.80. The van der Waals surface area contributed by atoms with Crippen LogP contribution in [0.5, 0.6) is 23.3 Å². The molecule has 0 bridgehead atoms. The van der Waals surface area contributed by atoms with Crippen LogP contribution < -0.4 is 14.4 Å². The van der Waals surface area contributed by atoms with Gasteiger partial charge in [0, 0.05) is 18.2 Å². The molecule has 3 aromatic rings. The van der Waals surface area contributed by atoms with Gasteiger partial charge >= 0.3 is 5.97 Å². The smallest absolute Gasteiger partial charge is 0.331 e. The fourth-order valence-corrected chi connectivity index (χ4v) is 4.69. The van der Waals surface area contributed by atoms with E-state index in [4.69, 9.17) is 25.8 Å². The molecule has 0 aliphatic heterocycles. The van der Waals surface area contributed by atoms with Crippen molar-refractivity contribution < 1.29 is 19.0 Å². The molecule has 1 aliphatic carbocycles. The van der Waals surface area contributed by atoms with Gasteiger partial charge in [0.1, 0.15) is 17.0 Å². The van der Waals surface area contributed by atoms with Gasteiger partial charge in [0.15, 0.2) is 0 Å². The zero-order chi connectivity index (χ0) is 32.1. The van der Waals surface area contributed by atoms with Crippen LogP contribution in [0.4, 0.5) is 5.69 Å². The molecule has 1 aromatic heterocycles. The van der Waals surface area contributed by atoms with E-state index >= 15 is 0 Å². The van der Waals surface area contributed by atoms with Gasteiger partial charge in [-0.3, -0.25) is 0 Å². The average molecular weight is 578 g/mol. The van der Waals surface area contributed by atoms with Crippen LogP contribution in [0.1, 0.15) is 78.4 Å². The van der Waals surface area contributed by atoms with E-state index < -0.39 is 5.54 Å². The van der Waals surface area contributed by atoms with Crippen LogP contribution >= 0.6 is 0 Å². The maximum Gasteiger partial charge on any atom is 0.331 e. The number of nitrogens with zero attached hydrogens (tertiary/aromatic N) is 3. The minimum absolute atomic E-state index is 0.214. The van der Waals surface area contributed by atoms with Crippen molar-refractivity contribution in [3.8, 4) is 23.3 Å². The highest BCUT2D eigenvalue weighted by molar-refractivity contribution is 5.87. The average Bonchev–Trinajstić information content (AvgIpc) is 3.55. The highest BCUT2D eigenvalue weighted by Gasteiger charge is 2.47. The minimum Gasteiger partial charge on any atom is -0.467 e. The molecular weight excluding hydrogens is 526 g/mol. The molecule has 7 nitrogen and oxygen atoms in total. The molecule has 0 N–H and O–H groups in total. The topological polar surface area (TPSA) is 65.2 Å². The number of hydrogen-bond donors (Lipinski definition) is 0. The number of hydrogen-bond acceptors (Lipinski definition) is 6. The number of para-hydroxylation sites is 2. The van der Waals surface area contributed by atoms with Gasteiger partial charge in [-0.05, 0) is 51.0 Å². The first-order chi connectivity index (χ1) is 20.4. The number of carbonyl (C=O) groups excluding carboxylic acids is 1. The number of pyridine rings is 1. The number of rotatable bonds is 7. The summed E-state index contributed by atoms with van der Waals surface area (Å²) < 4.78 is 17.6. The second kappa shape index (κ2) is 20.8. The van der Waals surface area contributed by atoms with Crippen LogP contribution in [-0.2, 0) is 9.53 Å². The predicted octanol–water partition coefficient (Wildman–Crippen LogP) is 9.82. The number of ether oxygens (including phenoxy) is 3. The Morgan fingerprint density at radius 1 is 0.810 bits per heavy atom. The second-order valence-electron chi connectivity index (χ2n) is 8.66. The largest absolute Gasteiger partial charge is 0.467 e. The van der Waals surface area contributed by atoms with E-state index in [2.05, 4.69) is 4.85 Å². The van der Waals surface area contributed by atoms with Gasteiger partial charge in [-0.2, -0.15) is 4.98 Å². The van der Waals surface area contributed by atoms with Gasteiger partial charge in [-0.15, -0.1) is 0 Å². The molecule has 42 heavy (non-hydrogen) atoms. The Balaban J connectivity index is 0.00000169. The van der Waals surface area contributed by atoms with Crippen LogP contribution in [0.25, 0.3) is 4.85 Å². The maximum atomic E-state index is 13.0. The van der Waals surface area contributed by atoms with Crippen molar-refractivity contribution in [2.24, 2.45) is 0 Å². The molecule has 4 rings (SSSR count). The Morgan fingerprint density at radius 2 is 1.17 bits per heavy atom. The van der Waals surface area contributed by atoms with Crippen molar-refractivity contribution >= 4 is 11.7 Å². The molecule has 0 radical (unpaired) electrons. The number of methoxy groups -OCH3 is 1. The molecule has 0 amide bonds. The Kier molecular flexibility index (Phi) is 18.8. The lowest BCUT2D eigenvalue weighted by molar-refractivity contribution is -0.146.